The zero-order chi connectivity index (χ0) is 16.6. The number of thiophene rings is 1. The normalized spacial score (nSPS) is 11.8. The lowest BCUT2D eigenvalue weighted by atomic mass is 10.2. The number of pyridine rings is 1. The molecule has 0 aromatic carbocycles. The van der Waals surface area contributed by atoms with Gasteiger partial charge >= 0.3 is 10.3 Å². The van der Waals surface area contributed by atoms with Gasteiger partial charge in [-0.1, -0.05) is 0 Å². The maximum Gasteiger partial charge on any atom is 0.359 e. The number of halogens is 2. The molecule has 11 heteroatoms. The molecular weight excluding hydrogens is 428 g/mol. The van der Waals surface area contributed by atoms with Gasteiger partial charge in [0, 0.05) is 17.1 Å². The van der Waals surface area contributed by atoms with E-state index >= 15 is 0 Å². The molecule has 0 atom stereocenters. The third-order valence-corrected chi connectivity index (χ3v) is 5.80. The lowest BCUT2D eigenvalue weighted by molar-refractivity contribution is 0.402. The Balaban J connectivity index is 2.13. The molecule has 0 aliphatic heterocycles. The van der Waals surface area contributed by atoms with Crippen LogP contribution >= 0.6 is 38.9 Å². The van der Waals surface area contributed by atoms with Crippen molar-refractivity contribution >= 4 is 65.1 Å². The van der Waals surface area contributed by atoms with Gasteiger partial charge in [-0.2, -0.15) is 8.42 Å². The lowest BCUT2D eigenvalue weighted by Gasteiger charge is -2.07. The highest BCUT2D eigenvalue weighted by atomic mass is 79.9. The number of anilines is 1. The highest BCUT2D eigenvalue weighted by Gasteiger charge is 2.15. The van der Waals surface area contributed by atoms with Crippen molar-refractivity contribution in [3.63, 3.8) is 0 Å². The Bertz CT molecular complexity index is 993. The van der Waals surface area contributed by atoms with Crippen LogP contribution in [0.4, 0.5) is 5.69 Å². The van der Waals surface area contributed by atoms with E-state index in [-0.39, 0.29) is 11.0 Å². The summed E-state index contributed by atoms with van der Waals surface area (Å²) in [7, 11) is -2.81. The van der Waals surface area contributed by atoms with Crippen LogP contribution in [0.5, 0.6) is 0 Å². The lowest BCUT2D eigenvalue weighted by Crippen LogP contribution is -2.13. The van der Waals surface area contributed by atoms with E-state index in [2.05, 4.69) is 39.8 Å². The maximum atomic E-state index is 11.5. The van der Waals surface area contributed by atoms with Crippen molar-refractivity contribution in [2.75, 3.05) is 11.8 Å². The molecule has 3 heterocycles. The third-order valence-electron chi connectivity index (χ3n) is 2.82. The number of hydrogen-bond acceptors (Lipinski definition) is 7. The minimum atomic E-state index is -3.87. The van der Waals surface area contributed by atoms with Gasteiger partial charge in [-0.05, 0) is 33.6 Å². The van der Waals surface area contributed by atoms with Crippen LogP contribution in [0.1, 0.15) is 0 Å². The summed E-state index contributed by atoms with van der Waals surface area (Å²) in [5.74, 6) is 0. The van der Waals surface area contributed by atoms with Crippen LogP contribution in [0.25, 0.3) is 21.5 Å². The molecule has 7 nitrogen and oxygen atoms in total. The van der Waals surface area contributed by atoms with Crippen LogP contribution < -0.4 is 4.72 Å². The number of rotatable bonds is 4. The van der Waals surface area contributed by atoms with E-state index in [1.165, 1.54) is 17.5 Å². The topological polar surface area (TPSA) is 94.1 Å². The highest BCUT2D eigenvalue weighted by Crippen LogP contribution is 2.36. The Morgan fingerprint density at radius 3 is 2.87 bits per heavy atom. The Morgan fingerprint density at radius 2 is 2.13 bits per heavy atom. The molecule has 120 valence electrons. The van der Waals surface area contributed by atoms with Crippen LogP contribution in [-0.4, -0.2) is 30.5 Å². The molecule has 3 aromatic heterocycles. The molecule has 0 aliphatic rings. The second-order valence-corrected chi connectivity index (χ2v) is 7.81. The summed E-state index contributed by atoms with van der Waals surface area (Å²) >= 11 is 10.8. The first-order chi connectivity index (χ1) is 10.9. The molecule has 0 spiro atoms. The smallest absolute Gasteiger partial charge is 0.262 e. The van der Waals surface area contributed by atoms with E-state index in [1.807, 2.05) is 5.38 Å². The molecule has 1 N–H and O–H groups in total. The van der Waals surface area contributed by atoms with E-state index in [4.69, 9.17) is 11.6 Å². The molecule has 0 saturated carbocycles. The number of fused-ring (bicyclic) bond motifs is 1. The Hall–Kier alpha value is -1.33. The van der Waals surface area contributed by atoms with E-state index in [9.17, 15) is 8.42 Å². The van der Waals surface area contributed by atoms with E-state index in [0.29, 0.717) is 16.8 Å². The quantitative estimate of drug-likeness (QED) is 0.631. The highest BCUT2D eigenvalue weighted by molar-refractivity contribution is 9.10. The average Bonchev–Trinajstić information content (AvgIpc) is 2.88. The Kier molecular flexibility index (Phi) is 4.52. The first kappa shape index (κ1) is 16.5. The average molecular weight is 436 g/mol. The maximum absolute atomic E-state index is 11.5. The van der Waals surface area contributed by atoms with Gasteiger partial charge in [0.25, 0.3) is 0 Å². The first-order valence-electron chi connectivity index (χ1n) is 6.03. The van der Waals surface area contributed by atoms with Gasteiger partial charge in [-0.25, -0.2) is 9.97 Å². The van der Waals surface area contributed by atoms with Crippen molar-refractivity contribution in [2.45, 2.75) is 0 Å². The molecule has 0 saturated heterocycles. The Morgan fingerprint density at radius 1 is 1.35 bits per heavy atom. The minimum Gasteiger partial charge on any atom is -0.262 e. The zero-order valence-corrected chi connectivity index (χ0v) is 15.4. The molecule has 0 unspecified atom stereocenters. The Labute approximate surface area is 149 Å². The molecule has 23 heavy (non-hydrogen) atoms. The molecule has 3 rings (SSSR count). The van der Waals surface area contributed by atoms with Crippen molar-refractivity contribution in [1.82, 2.24) is 15.0 Å². The fourth-order valence-electron chi connectivity index (χ4n) is 1.87. The monoisotopic (exact) mass is 434 g/mol. The molecule has 0 fully saturated rings. The van der Waals surface area contributed by atoms with Crippen LogP contribution in [0.2, 0.25) is 5.28 Å². The molecule has 0 bridgehead atoms. The van der Waals surface area contributed by atoms with Gasteiger partial charge in [0.05, 0.1) is 33.9 Å². The largest absolute Gasteiger partial charge is 0.359 e. The van der Waals surface area contributed by atoms with Crippen molar-refractivity contribution in [1.29, 1.82) is 0 Å². The summed E-state index contributed by atoms with van der Waals surface area (Å²) in [5, 5.41) is 1.97. The van der Waals surface area contributed by atoms with Gasteiger partial charge in [-0.3, -0.25) is 13.9 Å². The number of nitrogens with zero attached hydrogens (tertiary/aromatic N) is 3. The molecular formula is C12H8BrClN4O3S2. The molecule has 0 aliphatic carbocycles. The summed E-state index contributed by atoms with van der Waals surface area (Å²) in [6.07, 6.45) is 2.93. The van der Waals surface area contributed by atoms with Crippen molar-refractivity contribution in [2.24, 2.45) is 0 Å². The van der Waals surface area contributed by atoms with Crippen LogP contribution in [0, 0.1) is 0 Å². The molecule has 3 aromatic rings. The van der Waals surface area contributed by atoms with Gasteiger partial charge in [0.15, 0.2) is 0 Å². The first-order valence-corrected chi connectivity index (χ1v) is 9.49. The van der Waals surface area contributed by atoms with Crippen molar-refractivity contribution < 1.29 is 12.6 Å². The van der Waals surface area contributed by atoms with E-state index in [0.717, 1.165) is 16.3 Å². The fourth-order valence-corrected chi connectivity index (χ4v) is 4.10. The SMILES string of the molecule is COS(=O)(=O)Nc1cncc(-c2nc(Cl)nc3c(Br)csc23)c1. The number of nitrogens with one attached hydrogen (secondary N) is 1. The van der Waals surface area contributed by atoms with Crippen LogP contribution in [0.15, 0.2) is 28.3 Å². The van der Waals surface area contributed by atoms with Crippen LogP contribution in [0.3, 0.4) is 0 Å². The number of aromatic nitrogens is 3. The second kappa shape index (κ2) is 6.29. The van der Waals surface area contributed by atoms with Crippen molar-refractivity contribution in [3.8, 4) is 11.3 Å². The van der Waals surface area contributed by atoms with Gasteiger partial charge in [-0.15, -0.1) is 11.3 Å². The fraction of sp³-hybridized carbons (Fsp3) is 0.0833. The summed E-state index contributed by atoms with van der Waals surface area (Å²) in [6.45, 7) is 0. The predicted octanol–water partition coefficient (Wildman–Crippen LogP) is 3.47. The summed E-state index contributed by atoms with van der Waals surface area (Å²) < 4.78 is 31.2. The zero-order valence-electron chi connectivity index (χ0n) is 11.4. The predicted molar refractivity (Wildman–Crippen MR) is 92.9 cm³/mol. The number of hydrogen-bond donors (Lipinski definition) is 1. The minimum absolute atomic E-state index is 0.0921. The van der Waals surface area contributed by atoms with Crippen LogP contribution in [-0.2, 0) is 14.5 Å². The molecule has 0 radical (unpaired) electrons. The van der Waals surface area contributed by atoms with Gasteiger partial charge < -0.3 is 0 Å². The summed E-state index contributed by atoms with van der Waals surface area (Å²) in [5.41, 5.74) is 2.11. The standard InChI is InChI=1S/C12H8BrClN4O3S2/c1-21-23(19,20)18-7-2-6(3-15-4-7)9-11-10(8(13)5-22-11)17-12(14)16-9/h2-5,18H,1H3. The van der Waals surface area contributed by atoms with Gasteiger partial charge in [0.1, 0.15) is 5.52 Å². The van der Waals surface area contributed by atoms with Gasteiger partial charge in [0.2, 0.25) is 5.28 Å². The van der Waals surface area contributed by atoms with Crippen molar-refractivity contribution in [3.05, 3.63) is 33.6 Å². The van der Waals surface area contributed by atoms with E-state index in [1.54, 1.807) is 12.3 Å². The summed E-state index contributed by atoms with van der Waals surface area (Å²) in [6, 6.07) is 1.59. The van der Waals surface area contributed by atoms with E-state index < -0.39 is 10.3 Å². The summed E-state index contributed by atoms with van der Waals surface area (Å²) in [4.78, 5) is 12.5. The molecule has 0 amide bonds. The third kappa shape index (κ3) is 3.45. The second-order valence-electron chi connectivity index (χ2n) is 4.29.